The molecule has 0 bridgehead atoms. The molecule has 3 aromatic rings. The van der Waals surface area contributed by atoms with Gasteiger partial charge in [-0.3, -0.25) is 14.4 Å². The Kier molecular flexibility index (Phi) is 4.15. The third-order valence-corrected chi connectivity index (χ3v) is 4.88. The average Bonchev–Trinajstić information content (AvgIpc) is 2.67. The van der Waals surface area contributed by atoms with E-state index in [0.29, 0.717) is 16.7 Å². The van der Waals surface area contributed by atoms with Crippen LogP contribution in [-0.2, 0) is 4.79 Å². The first-order chi connectivity index (χ1) is 13.4. The van der Waals surface area contributed by atoms with Gasteiger partial charge >= 0.3 is 5.97 Å². The van der Waals surface area contributed by atoms with Crippen molar-refractivity contribution in [1.29, 1.82) is 0 Å². The van der Waals surface area contributed by atoms with E-state index in [0.717, 1.165) is 0 Å². The highest BCUT2D eigenvalue weighted by molar-refractivity contribution is 5.98. The fourth-order valence-corrected chi connectivity index (χ4v) is 3.49. The van der Waals surface area contributed by atoms with Crippen LogP contribution in [0.1, 0.15) is 40.7 Å². The van der Waals surface area contributed by atoms with Crippen LogP contribution in [-0.4, -0.2) is 24.0 Å². The van der Waals surface area contributed by atoms with Gasteiger partial charge in [-0.15, -0.1) is 0 Å². The van der Waals surface area contributed by atoms with Gasteiger partial charge < -0.3 is 19.0 Å². The summed E-state index contributed by atoms with van der Waals surface area (Å²) in [5, 5.41) is 10.9. The molecule has 2 heterocycles. The molecule has 0 radical (unpaired) electrons. The minimum atomic E-state index is -0.803. The number of esters is 1. The molecule has 7 heteroatoms. The predicted molar refractivity (Wildman–Crippen MR) is 99.2 cm³/mol. The third kappa shape index (κ3) is 2.72. The Bertz CT molecular complexity index is 1190. The molecule has 0 saturated heterocycles. The highest BCUT2D eigenvalue weighted by Gasteiger charge is 2.34. The number of carbonyl (C=O) groups is 2. The van der Waals surface area contributed by atoms with Crippen LogP contribution < -0.4 is 14.9 Å². The van der Waals surface area contributed by atoms with Crippen molar-refractivity contribution in [3.05, 3.63) is 63.5 Å². The number of ketones is 1. The van der Waals surface area contributed by atoms with Gasteiger partial charge in [0.25, 0.3) is 0 Å². The van der Waals surface area contributed by atoms with Gasteiger partial charge in [0.05, 0.1) is 30.7 Å². The van der Waals surface area contributed by atoms with Gasteiger partial charge in [0.1, 0.15) is 22.8 Å². The van der Waals surface area contributed by atoms with Crippen molar-refractivity contribution in [3.63, 3.8) is 0 Å². The molecule has 2 aromatic carbocycles. The van der Waals surface area contributed by atoms with Crippen LogP contribution >= 0.6 is 0 Å². The lowest BCUT2D eigenvalue weighted by Gasteiger charge is -2.25. The van der Waals surface area contributed by atoms with Gasteiger partial charge in [0.15, 0.2) is 11.2 Å². The summed E-state index contributed by atoms with van der Waals surface area (Å²) in [6, 6.07) is 7.68. The Balaban J connectivity index is 1.97. The third-order valence-electron chi connectivity index (χ3n) is 4.88. The minimum Gasteiger partial charge on any atom is -0.507 e. The molecule has 0 fully saturated rings. The molecule has 0 saturated carbocycles. The minimum absolute atomic E-state index is 0.0912. The summed E-state index contributed by atoms with van der Waals surface area (Å²) in [6.45, 7) is 1.32. The normalized spacial score (nSPS) is 15.8. The number of rotatable bonds is 3. The maximum Gasteiger partial charge on any atom is 0.312 e. The second kappa shape index (κ2) is 6.53. The van der Waals surface area contributed by atoms with Gasteiger partial charge in [-0.2, -0.15) is 0 Å². The largest absolute Gasteiger partial charge is 0.507 e. The SMILES string of the molecule is COc1ccc2occ(C3CC(=O)Oc4ccc(C(C)=O)c(O)c43)c(=O)c2c1. The molecule has 1 aromatic heterocycles. The summed E-state index contributed by atoms with van der Waals surface area (Å²) in [6.07, 6.45) is 1.12. The van der Waals surface area contributed by atoms with E-state index in [1.165, 1.54) is 32.4 Å². The number of phenolic OH excluding ortho intramolecular Hbond substituents is 1. The molecule has 4 rings (SSSR count). The van der Waals surface area contributed by atoms with Crippen LogP contribution in [0.15, 0.2) is 45.8 Å². The maximum absolute atomic E-state index is 13.1. The standard InChI is InChI=1S/C21H16O7/c1-10(22)12-4-6-17-19(21(12)25)13(8-18(23)28-17)15-9-27-16-5-3-11(26-2)7-14(16)20(15)24/h3-7,9,13,25H,8H2,1-2H3. The molecular formula is C21H16O7. The lowest BCUT2D eigenvalue weighted by molar-refractivity contribution is -0.135. The molecule has 1 aliphatic heterocycles. The smallest absolute Gasteiger partial charge is 0.312 e. The Morgan fingerprint density at radius 3 is 2.71 bits per heavy atom. The Labute approximate surface area is 159 Å². The molecule has 28 heavy (non-hydrogen) atoms. The predicted octanol–water partition coefficient (Wildman–Crippen LogP) is 3.15. The number of hydrogen-bond donors (Lipinski definition) is 1. The first-order valence-corrected chi connectivity index (χ1v) is 8.57. The average molecular weight is 380 g/mol. The van der Waals surface area contributed by atoms with Gasteiger partial charge in [-0.1, -0.05) is 0 Å². The van der Waals surface area contributed by atoms with Crippen LogP contribution in [0.2, 0.25) is 0 Å². The van der Waals surface area contributed by atoms with Crippen molar-refractivity contribution in [2.24, 2.45) is 0 Å². The number of carbonyl (C=O) groups excluding carboxylic acids is 2. The van der Waals surface area contributed by atoms with Gasteiger partial charge in [0.2, 0.25) is 0 Å². The molecule has 1 unspecified atom stereocenters. The number of ether oxygens (including phenoxy) is 2. The highest BCUT2D eigenvalue weighted by Crippen LogP contribution is 2.44. The monoisotopic (exact) mass is 380 g/mol. The molecule has 0 amide bonds. The summed E-state index contributed by atoms with van der Waals surface area (Å²) in [5.41, 5.74) is 0.526. The van der Waals surface area contributed by atoms with E-state index in [9.17, 15) is 19.5 Å². The van der Waals surface area contributed by atoms with E-state index in [1.807, 2.05) is 0 Å². The molecule has 1 atom stereocenters. The van der Waals surface area contributed by atoms with E-state index in [4.69, 9.17) is 13.9 Å². The first kappa shape index (κ1) is 17.8. The number of hydrogen-bond acceptors (Lipinski definition) is 7. The highest BCUT2D eigenvalue weighted by atomic mass is 16.5. The number of benzene rings is 2. The lowest BCUT2D eigenvalue weighted by atomic mass is 9.84. The Hall–Kier alpha value is -3.61. The summed E-state index contributed by atoms with van der Waals surface area (Å²) < 4.78 is 16.0. The van der Waals surface area contributed by atoms with Crippen LogP contribution in [0.25, 0.3) is 11.0 Å². The van der Waals surface area contributed by atoms with Crippen LogP contribution in [0.4, 0.5) is 0 Å². The van der Waals surface area contributed by atoms with Crippen molar-refractivity contribution in [2.75, 3.05) is 7.11 Å². The van der Waals surface area contributed by atoms with Gasteiger partial charge in [0, 0.05) is 17.0 Å². The van der Waals surface area contributed by atoms with Crippen molar-refractivity contribution < 1.29 is 28.6 Å². The van der Waals surface area contributed by atoms with Crippen molar-refractivity contribution in [3.8, 4) is 17.2 Å². The topological polar surface area (TPSA) is 103 Å². The molecule has 142 valence electrons. The quantitative estimate of drug-likeness (QED) is 0.423. The molecular weight excluding hydrogens is 364 g/mol. The lowest BCUT2D eigenvalue weighted by Crippen LogP contribution is -2.25. The van der Waals surface area contributed by atoms with Crippen molar-refractivity contribution in [1.82, 2.24) is 0 Å². The summed E-state index contributed by atoms with van der Waals surface area (Å²) in [7, 11) is 1.49. The molecule has 0 spiro atoms. The zero-order chi connectivity index (χ0) is 20.0. The second-order valence-corrected chi connectivity index (χ2v) is 6.54. The fraction of sp³-hybridized carbons (Fsp3) is 0.190. The van der Waals surface area contributed by atoms with Crippen molar-refractivity contribution in [2.45, 2.75) is 19.3 Å². The zero-order valence-corrected chi connectivity index (χ0v) is 15.1. The van der Waals surface area contributed by atoms with E-state index in [-0.39, 0.29) is 45.8 Å². The van der Waals surface area contributed by atoms with Gasteiger partial charge in [-0.05, 0) is 37.3 Å². The number of aromatic hydroxyl groups is 1. The number of fused-ring (bicyclic) bond motifs is 2. The van der Waals surface area contributed by atoms with Gasteiger partial charge in [-0.25, -0.2) is 0 Å². The van der Waals surface area contributed by atoms with E-state index in [2.05, 4.69) is 0 Å². The first-order valence-electron chi connectivity index (χ1n) is 8.57. The Morgan fingerprint density at radius 1 is 1.21 bits per heavy atom. The summed E-state index contributed by atoms with van der Waals surface area (Å²) >= 11 is 0. The zero-order valence-electron chi connectivity index (χ0n) is 15.1. The number of Topliss-reactive ketones (excluding diaryl/α,β-unsaturated/α-hetero) is 1. The van der Waals surface area contributed by atoms with Crippen LogP contribution in [0.3, 0.4) is 0 Å². The van der Waals surface area contributed by atoms with Crippen LogP contribution in [0.5, 0.6) is 17.2 Å². The number of phenols is 1. The second-order valence-electron chi connectivity index (χ2n) is 6.54. The van der Waals surface area contributed by atoms with Crippen molar-refractivity contribution >= 4 is 22.7 Å². The molecule has 1 N–H and O–H groups in total. The molecule has 0 aliphatic carbocycles. The van der Waals surface area contributed by atoms with Crippen LogP contribution in [0, 0.1) is 0 Å². The van der Waals surface area contributed by atoms with E-state index in [1.54, 1.807) is 18.2 Å². The maximum atomic E-state index is 13.1. The Morgan fingerprint density at radius 2 is 2.00 bits per heavy atom. The fourth-order valence-electron chi connectivity index (χ4n) is 3.49. The summed E-state index contributed by atoms with van der Waals surface area (Å²) in [5.74, 6) is -1.38. The van der Waals surface area contributed by atoms with E-state index < -0.39 is 11.9 Å². The molecule has 1 aliphatic rings. The van der Waals surface area contributed by atoms with E-state index >= 15 is 0 Å². The molecule has 7 nitrogen and oxygen atoms in total. The summed E-state index contributed by atoms with van der Waals surface area (Å²) in [4.78, 5) is 37.0. The number of methoxy groups -OCH3 is 1.